The maximum absolute atomic E-state index is 13.1. The summed E-state index contributed by atoms with van der Waals surface area (Å²) >= 11 is 11.2. The van der Waals surface area contributed by atoms with Gasteiger partial charge in [-0.1, -0.05) is 17.7 Å². The lowest BCUT2D eigenvalue weighted by molar-refractivity contribution is -0.122. The average molecular weight is 483 g/mol. The minimum Gasteiger partial charge on any atom is -0.497 e. The molecule has 2 amide bonds. The Morgan fingerprint density at radius 3 is 2.52 bits per heavy atom. The first-order valence-electron chi connectivity index (χ1n) is 9.47. The number of hydrogen-bond donors (Lipinski definition) is 2. The van der Waals surface area contributed by atoms with Gasteiger partial charge in [-0.3, -0.25) is 19.8 Å². The number of ether oxygens (including phenoxy) is 1. The van der Waals surface area contributed by atoms with Crippen molar-refractivity contribution in [3.05, 3.63) is 76.5 Å². The van der Waals surface area contributed by atoms with Gasteiger partial charge in [0, 0.05) is 5.56 Å². The first-order valence-corrected chi connectivity index (χ1v) is 10.3. The summed E-state index contributed by atoms with van der Waals surface area (Å²) in [5.74, 6) is -1.18. The second-order valence-corrected chi connectivity index (χ2v) is 7.65. The van der Waals surface area contributed by atoms with Crippen LogP contribution < -0.4 is 15.0 Å². The summed E-state index contributed by atoms with van der Waals surface area (Å²) in [6, 6.07) is 14.2. The summed E-state index contributed by atoms with van der Waals surface area (Å²) in [4.78, 5) is 37.9. The standard InChI is InChI=1S/C23H15ClN2O6S/c1-31-14-5-3-13(4-6-14)26-21(28)17(20(27)25-23(26)33)11-15-7-9-19(32-15)12-2-8-16(22(29)30)18(24)10-12/h2-11H,1H3,(H,29,30)(H,25,27,33)/b17-11-. The Morgan fingerprint density at radius 1 is 1.15 bits per heavy atom. The molecule has 0 unspecified atom stereocenters. The number of methoxy groups -OCH3 is 1. The molecular weight excluding hydrogens is 468 g/mol. The largest absolute Gasteiger partial charge is 0.497 e. The van der Waals surface area contributed by atoms with E-state index >= 15 is 0 Å². The SMILES string of the molecule is COc1ccc(N2C(=O)/C(=C\c3ccc(-c4ccc(C(=O)O)c(Cl)c4)o3)C(=O)NC2=S)cc1. The molecule has 1 aliphatic heterocycles. The number of rotatable bonds is 5. The molecule has 2 N–H and O–H groups in total. The summed E-state index contributed by atoms with van der Waals surface area (Å²) in [6.45, 7) is 0. The molecule has 0 aliphatic carbocycles. The van der Waals surface area contributed by atoms with Crippen molar-refractivity contribution in [2.75, 3.05) is 12.0 Å². The van der Waals surface area contributed by atoms with Crippen LogP contribution in [-0.4, -0.2) is 35.1 Å². The van der Waals surface area contributed by atoms with Crippen molar-refractivity contribution in [1.29, 1.82) is 0 Å². The number of furan rings is 1. The number of nitrogens with one attached hydrogen (secondary N) is 1. The molecule has 1 fully saturated rings. The topological polar surface area (TPSA) is 109 Å². The predicted octanol–water partition coefficient (Wildman–Crippen LogP) is 4.14. The Balaban J connectivity index is 1.64. The van der Waals surface area contributed by atoms with E-state index in [1.54, 1.807) is 42.5 Å². The van der Waals surface area contributed by atoms with E-state index in [9.17, 15) is 14.4 Å². The Kier molecular flexibility index (Phi) is 5.99. The number of carbonyl (C=O) groups is 3. The van der Waals surface area contributed by atoms with Gasteiger partial charge in [-0.05, 0) is 66.8 Å². The summed E-state index contributed by atoms with van der Waals surface area (Å²) in [6.07, 6.45) is 1.31. The highest BCUT2D eigenvalue weighted by molar-refractivity contribution is 7.80. The summed E-state index contributed by atoms with van der Waals surface area (Å²) in [5.41, 5.74) is 0.799. The van der Waals surface area contributed by atoms with Crippen LogP contribution in [0.3, 0.4) is 0 Å². The molecule has 0 spiro atoms. The fourth-order valence-corrected chi connectivity index (χ4v) is 3.74. The third-order valence-corrected chi connectivity index (χ3v) is 5.43. The van der Waals surface area contributed by atoms with E-state index in [0.717, 1.165) is 0 Å². The highest BCUT2D eigenvalue weighted by atomic mass is 35.5. The van der Waals surface area contributed by atoms with E-state index in [2.05, 4.69) is 5.32 Å². The van der Waals surface area contributed by atoms with Gasteiger partial charge in [0.15, 0.2) is 5.11 Å². The number of benzene rings is 2. The Morgan fingerprint density at radius 2 is 1.88 bits per heavy atom. The average Bonchev–Trinajstić information content (AvgIpc) is 3.25. The monoisotopic (exact) mass is 482 g/mol. The fourth-order valence-electron chi connectivity index (χ4n) is 3.19. The Bertz CT molecular complexity index is 1330. The third-order valence-electron chi connectivity index (χ3n) is 4.83. The Labute approximate surface area is 198 Å². The van der Waals surface area contributed by atoms with Crippen molar-refractivity contribution in [2.45, 2.75) is 0 Å². The quantitative estimate of drug-likeness (QED) is 0.319. The van der Waals surface area contributed by atoms with Gasteiger partial charge in [-0.25, -0.2) is 4.79 Å². The molecule has 0 radical (unpaired) electrons. The second-order valence-electron chi connectivity index (χ2n) is 6.86. The number of nitrogens with zero attached hydrogens (tertiary/aromatic N) is 1. The number of anilines is 1. The zero-order valence-electron chi connectivity index (χ0n) is 17.0. The number of carboxylic acid groups (broad SMARTS) is 1. The molecule has 1 saturated heterocycles. The van der Waals surface area contributed by atoms with Gasteiger partial charge in [-0.15, -0.1) is 0 Å². The molecule has 3 aromatic rings. The van der Waals surface area contributed by atoms with Crippen LogP contribution >= 0.6 is 23.8 Å². The van der Waals surface area contributed by atoms with E-state index < -0.39 is 17.8 Å². The van der Waals surface area contributed by atoms with Crippen LogP contribution in [0.5, 0.6) is 5.75 Å². The van der Waals surface area contributed by atoms with Crippen LogP contribution in [0.15, 0.2) is 64.6 Å². The summed E-state index contributed by atoms with van der Waals surface area (Å²) in [7, 11) is 1.53. The van der Waals surface area contributed by atoms with Crippen LogP contribution in [0, 0.1) is 0 Å². The van der Waals surface area contributed by atoms with Crippen LogP contribution in [0.1, 0.15) is 16.1 Å². The van der Waals surface area contributed by atoms with Crippen LogP contribution in [0.2, 0.25) is 5.02 Å². The van der Waals surface area contributed by atoms with Gasteiger partial charge in [0.25, 0.3) is 11.8 Å². The van der Waals surface area contributed by atoms with Crippen molar-refractivity contribution in [2.24, 2.45) is 0 Å². The van der Waals surface area contributed by atoms with Crippen molar-refractivity contribution in [1.82, 2.24) is 5.32 Å². The lowest BCUT2D eigenvalue weighted by Crippen LogP contribution is -2.54. The summed E-state index contributed by atoms with van der Waals surface area (Å²) in [5, 5.41) is 11.6. The highest BCUT2D eigenvalue weighted by Crippen LogP contribution is 2.29. The zero-order chi connectivity index (χ0) is 23.7. The lowest BCUT2D eigenvalue weighted by Gasteiger charge is -2.28. The van der Waals surface area contributed by atoms with Crippen molar-refractivity contribution in [3.63, 3.8) is 0 Å². The number of halogens is 1. The number of carboxylic acids is 1. The molecule has 4 rings (SSSR count). The summed E-state index contributed by atoms with van der Waals surface area (Å²) < 4.78 is 10.9. The van der Waals surface area contributed by atoms with E-state index in [4.69, 9.17) is 38.1 Å². The molecular formula is C23H15ClN2O6S. The maximum Gasteiger partial charge on any atom is 0.337 e. The van der Waals surface area contributed by atoms with Crippen LogP contribution in [-0.2, 0) is 9.59 Å². The van der Waals surface area contributed by atoms with Gasteiger partial charge >= 0.3 is 5.97 Å². The van der Waals surface area contributed by atoms with Gasteiger partial charge in [0.2, 0.25) is 0 Å². The van der Waals surface area contributed by atoms with Crippen molar-refractivity contribution < 1.29 is 28.6 Å². The smallest absolute Gasteiger partial charge is 0.337 e. The normalized spacial score (nSPS) is 15.0. The number of aromatic carboxylic acids is 1. The number of carbonyl (C=O) groups excluding carboxylic acids is 2. The molecule has 2 aromatic carbocycles. The van der Waals surface area contributed by atoms with E-state index in [1.807, 2.05) is 0 Å². The van der Waals surface area contributed by atoms with Crippen molar-refractivity contribution >= 4 is 58.5 Å². The molecule has 166 valence electrons. The van der Waals surface area contributed by atoms with Gasteiger partial charge in [0.1, 0.15) is 22.8 Å². The molecule has 10 heteroatoms. The second kappa shape index (κ2) is 8.89. The van der Waals surface area contributed by atoms with Crippen LogP contribution in [0.25, 0.3) is 17.4 Å². The van der Waals surface area contributed by atoms with E-state index in [0.29, 0.717) is 22.8 Å². The minimum absolute atomic E-state index is 0.0339. The molecule has 0 bridgehead atoms. The van der Waals surface area contributed by atoms with Crippen LogP contribution in [0.4, 0.5) is 5.69 Å². The first kappa shape index (κ1) is 22.3. The molecule has 0 atom stereocenters. The third kappa shape index (κ3) is 4.36. The molecule has 1 aromatic heterocycles. The lowest BCUT2D eigenvalue weighted by atomic mass is 10.1. The number of thiocarbonyl (C=S) groups is 1. The van der Waals surface area contributed by atoms with E-state index in [1.165, 1.54) is 30.2 Å². The molecule has 0 saturated carbocycles. The number of hydrogen-bond acceptors (Lipinski definition) is 6. The first-order chi connectivity index (χ1) is 15.8. The van der Waals surface area contributed by atoms with E-state index in [-0.39, 0.29) is 27.0 Å². The molecule has 2 heterocycles. The Hall–Kier alpha value is -3.95. The fraction of sp³-hybridized carbons (Fsp3) is 0.0435. The maximum atomic E-state index is 13.1. The molecule has 1 aliphatic rings. The predicted molar refractivity (Wildman–Crippen MR) is 125 cm³/mol. The van der Waals surface area contributed by atoms with Gasteiger partial charge in [0.05, 0.1) is 23.4 Å². The molecule has 8 nitrogen and oxygen atoms in total. The minimum atomic E-state index is -1.14. The highest BCUT2D eigenvalue weighted by Gasteiger charge is 2.34. The number of amides is 2. The van der Waals surface area contributed by atoms with Crippen molar-refractivity contribution in [3.8, 4) is 17.1 Å². The molecule has 33 heavy (non-hydrogen) atoms. The zero-order valence-corrected chi connectivity index (χ0v) is 18.6. The van der Waals surface area contributed by atoms with Gasteiger partial charge < -0.3 is 14.3 Å². The van der Waals surface area contributed by atoms with Gasteiger partial charge in [-0.2, -0.15) is 0 Å².